The van der Waals surface area contributed by atoms with Crippen molar-refractivity contribution in [1.82, 2.24) is 24.3 Å². The summed E-state index contributed by atoms with van der Waals surface area (Å²) in [4.78, 5) is 28.4. The van der Waals surface area contributed by atoms with Crippen LogP contribution in [0, 0.1) is 5.92 Å². The molecule has 4 aromatic rings. The molecule has 8 nitrogen and oxygen atoms in total. The summed E-state index contributed by atoms with van der Waals surface area (Å²) >= 11 is 0. The van der Waals surface area contributed by atoms with Crippen LogP contribution >= 0.6 is 0 Å². The van der Waals surface area contributed by atoms with Crippen molar-refractivity contribution >= 4 is 11.6 Å². The standard InChI is InChI=1S/C27H29N5O3/c1-34-24-8-7-21(16-25(24)35-19-22-6-2-3-10-28-22)27(33)31-12-4-5-20(9-13-31)15-23-18-32-14-11-29-26(32)17-30-23/h2-3,6-8,10-11,14,16-18,20H,4-5,9,12-13,15,19H2,1H3/t20-/m1/s1. The summed E-state index contributed by atoms with van der Waals surface area (Å²) in [5.41, 5.74) is 3.33. The van der Waals surface area contributed by atoms with E-state index in [1.54, 1.807) is 37.7 Å². The van der Waals surface area contributed by atoms with Gasteiger partial charge in [-0.15, -0.1) is 0 Å². The molecule has 5 rings (SSSR count). The highest BCUT2D eigenvalue weighted by molar-refractivity contribution is 5.95. The Morgan fingerprint density at radius 2 is 1.97 bits per heavy atom. The molecule has 0 N–H and O–H groups in total. The number of carbonyl (C=O) groups is 1. The zero-order chi connectivity index (χ0) is 24.0. The van der Waals surface area contributed by atoms with Gasteiger partial charge < -0.3 is 18.8 Å². The molecule has 1 aliphatic rings. The molecule has 0 bridgehead atoms. The minimum Gasteiger partial charge on any atom is -0.493 e. The van der Waals surface area contributed by atoms with Gasteiger partial charge in [0.2, 0.25) is 0 Å². The molecule has 180 valence electrons. The molecule has 1 atom stereocenters. The van der Waals surface area contributed by atoms with E-state index in [0.717, 1.165) is 55.8 Å². The second-order valence-electron chi connectivity index (χ2n) is 8.84. The number of ether oxygens (including phenoxy) is 2. The van der Waals surface area contributed by atoms with E-state index in [1.165, 1.54) is 0 Å². The minimum absolute atomic E-state index is 0.0222. The van der Waals surface area contributed by atoms with Crippen LogP contribution in [0.25, 0.3) is 5.65 Å². The van der Waals surface area contributed by atoms with E-state index < -0.39 is 0 Å². The van der Waals surface area contributed by atoms with Crippen LogP contribution in [-0.2, 0) is 13.0 Å². The first kappa shape index (κ1) is 22.8. The maximum absolute atomic E-state index is 13.4. The first-order chi connectivity index (χ1) is 17.2. The summed E-state index contributed by atoms with van der Waals surface area (Å²) < 4.78 is 13.4. The quantitative estimate of drug-likeness (QED) is 0.402. The number of nitrogens with zero attached hydrogens (tertiary/aromatic N) is 5. The number of rotatable bonds is 7. The van der Waals surface area contributed by atoms with E-state index in [0.29, 0.717) is 29.6 Å². The summed E-state index contributed by atoms with van der Waals surface area (Å²) in [5, 5.41) is 0. The van der Waals surface area contributed by atoms with Gasteiger partial charge in [0.05, 0.1) is 24.7 Å². The zero-order valence-electron chi connectivity index (χ0n) is 19.8. The molecule has 3 aromatic heterocycles. The van der Waals surface area contributed by atoms with Crippen molar-refractivity contribution in [3.8, 4) is 11.5 Å². The SMILES string of the molecule is COc1ccc(C(=O)N2CCC[C@@H](Cc3cn4ccnc4cn3)CC2)cc1OCc1ccccn1. The van der Waals surface area contributed by atoms with Gasteiger partial charge in [-0.25, -0.2) is 4.98 Å². The lowest BCUT2D eigenvalue weighted by molar-refractivity contribution is 0.0759. The van der Waals surface area contributed by atoms with Gasteiger partial charge in [-0.05, 0) is 61.9 Å². The fourth-order valence-corrected chi connectivity index (χ4v) is 4.58. The molecule has 1 aromatic carbocycles. The summed E-state index contributed by atoms with van der Waals surface area (Å²) in [5.74, 6) is 1.65. The molecular weight excluding hydrogens is 442 g/mol. The summed E-state index contributed by atoms with van der Waals surface area (Å²) in [7, 11) is 1.60. The molecule has 0 aliphatic carbocycles. The maximum atomic E-state index is 13.4. The number of likely N-dealkylation sites (tertiary alicyclic amines) is 1. The average Bonchev–Trinajstić information content (AvgIpc) is 3.25. The summed E-state index contributed by atoms with van der Waals surface area (Å²) in [6.45, 7) is 1.78. The first-order valence-electron chi connectivity index (χ1n) is 12.0. The molecule has 0 unspecified atom stereocenters. The van der Waals surface area contributed by atoms with Gasteiger partial charge in [-0.2, -0.15) is 0 Å². The van der Waals surface area contributed by atoms with Crippen molar-refractivity contribution in [1.29, 1.82) is 0 Å². The highest BCUT2D eigenvalue weighted by Crippen LogP contribution is 2.30. The predicted octanol–water partition coefficient (Wildman–Crippen LogP) is 4.20. The van der Waals surface area contributed by atoms with Crippen LogP contribution in [0.3, 0.4) is 0 Å². The van der Waals surface area contributed by atoms with E-state index in [1.807, 2.05) is 39.9 Å². The van der Waals surface area contributed by atoms with Crippen LogP contribution in [0.4, 0.5) is 0 Å². The van der Waals surface area contributed by atoms with Crippen molar-refractivity contribution in [2.24, 2.45) is 5.92 Å². The van der Waals surface area contributed by atoms with Crippen molar-refractivity contribution in [2.75, 3.05) is 20.2 Å². The van der Waals surface area contributed by atoms with E-state index in [-0.39, 0.29) is 5.91 Å². The molecule has 8 heteroatoms. The Labute approximate surface area is 204 Å². The fraction of sp³-hybridized carbons (Fsp3) is 0.333. The topological polar surface area (TPSA) is 81.9 Å². The molecule has 1 aliphatic heterocycles. The Hall–Kier alpha value is -3.94. The summed E-state index contributed by atoms with van der Waals surface area (Å²) in [6.07, 6.45) is 13.2. The third kappa shape index (κ3) is 5.42. The number of carbonyl (C=O) groups excluding carboxylic acids is 1. The van der Waals surface area contributed by atoms with Gasteiger partial charge in [0.25, 0.3) is 5.91 Å². The number of aromatic nitrogens is 4. The van der Waals surface area contributed by atoms with Crippen LogP contribution in [0.15, 0.2) is 67.4 Å². The number of imidazole rings is 1. The molecule has 4 heterocycles. The Morgan fingerprint density at radius 1 is 1.03 bits per heavy atom. The van der Waals surface area contributed by atoms with Crippen molar-refractivity contribution in [2.45, 2.75) is 32.3 Å². The number of benzene rings is 1. The van der Waals surface area contributed by atoms with Crippen LogP contribution in [0.2, 0.25) is 0 Å². The lowest BCUT2D eigenvalue weighted by Gasteiger charge is -2.21. The Balaban J connectivity index is 1.23. The highest BCUT2D eigenvalue weighted by Gasteiger charge is 2.23. The van der Waals surface area contributed by atoms with E-state index in [4.69, 9.17) is 9.47 Å². The second-order valence-corrected chi connectivity index (χ2v) is 8.84. The van der Waals surface area contributed by atoms with Gasteiger partial charge in [0, 0.05) is 43.4 Å². The third-order valence-corrected chi connectivity index (χ3v) is 6.48. The number of fused-ring (bicyclic) bond motifs is 1. The van der Waals surface area contributed by atoms with Crippen molar-refractivity contribution < 1.29 is 14.3 Å². The Morgan fingerprint density at radius 3 is 2.83 bits per heavy atom. The predicted molar refractivity (Wildman–Crippen MR) is 131 cm³/mol. The normalized spacial score (nSPS) is 16.1. The molecular formula is C27H29N5O3. The highest BCUT2D eigenvalue weighted by atomic mass is 16.5. The minimum atomic E-state index is 0.0222. The molecule has 0 spiro atoms. The van der Waals surface area contributed by atoms with Crippen LogP contribution in [0.5, 0.6) is 11.5 Å². The molecule has 1 saturated heterocycles. The third-order valence-electron chi connectivity index (χ3n) is 6.48. The molecule has 35 heavy (non-hydrogen) atoms. The van der Waals surface area contributed by atoms with E-state index in [9.17, 15) is 4.79 Å². The van der Waals surface area contributed by atoms with Crippen molar-refractivity contribution in [3.05, 3.63) is 84.3 Å². The summed E-state index contributed by atoms with van der Waals surface area (Å²) in [6, 6.07) is 11.1. The number of amides is 1. The first-order valence-corrected chi connectivity index (χ1v) is 12.0. The lowest BCUT2D eigenvalue weighted by atomic mass is 9.95. The van der Waals surface area contributed by atoms with Crippen LogP contribution in [-0.4, -0.2) is 50.4 Å². The number of pyridine rings is 1. The van der Waals surface area contributed by atoms with Crippen molar-refractivity contribution in [3.63, 3.8) is 0 Å². The monoisotopic (exact) mass is 471 g/mol. The van der Waals surface area contributed by atoms with E-state index in [2.05, 4.69) is 21.1 Å². The van der Waals surface area contributed by atoms with Gasteiger partial charge in [0.15, 0.2) is 17.1 Å². The largest absolute Gasteiger partial charge is 0.493 e. The average molecular weight is 472 g/mol. The maximum Gasteiger partial charge on any atom is 0.253 e. The van der Waals surface area contributed by atoms with Gasteiger partial charge in [0.1, 0.15) is 6.61 Å². The molecule has 0 saturated carbocycles. The smallest absolute Gasteiger partial charge is 0.253 e. The Kier molecular flexibility index (Phi) is 6.88. The van der Waals surface area contributed by atoms with Crippen LogP contribution < -0.4 is 9.47 Å². The van der Waals surface area contributed by atoms with Gasteiger partial charge >= 0.3 is 0 Å². The number of methoxy groups -OCH3 is 1. The van der Waals surface area contributed by atoms with Crippen LogP contribution in [0.1, 0.15) is 41.0 Å². The lowest BCUT2D eigenvalue weighted by Crippen LogP contribution is -2.32. The number of hydrogen-bond acceptors (Lipinski definition) is 6. The Bertz CT molecular complexity index is 1290. The zero-order valence-corrected chi connectivity index (χ0v) is 19.8. The number of hydrogen-bond donors (Lipinski definition) is 0. The van der Waals surface area contributed by atoms with Gasteiger partial charge in [-0.1, -0.05) is 6.07 Å². The second kappa shape index (κ2) is 10.5. The van der Waals surface area contributed by atoms with E-state index >= 15 is 0 Å². The molecule has 1 amide bonds. The van der Waals surface area contributed by atoms with Gasteiger partial charge in [-0.3, -0.25) is 14.8 Å². The fourth-order valence-electron chi connectivity index (χ4n) is 4.58. The molecule has 0 radical (unpaired) electrons. The molecule has 1 fully saturated rings.